The average molecular weight is 405 g/mol. The van der Waals surface area contributed by atoms with Crippen LogP contribution in [0.25, 0.3) is 21.1 Å². The molecule has 4 aromatic rings. The fourth-order valence-corrected chi connectivity index (χ4v) is 4.38. The monoisotopic (exact) mass is 404 g/mol. The lowest BCUT2D eigenvalue weighted by Crippen LogP contribution is -2.18. The van der Waals surface area contributed by atoms with Crippen molar-refractivity contribution in [2.24, 2.45) is 0 Å². The van der Waals surface area contributed by atoms with E-state index in [0.29, 0.717) is 23.1 Å². The number of thiophene rings is 1. The number of aromatic nitrogens is 2. The largest absolute Gasteiger partial charge is 0.461 e. The molecule has 138 valence electrons. The van der Waals surface area contributed by atoms with Crippen LogP contribution in [0.3, 0.4) is 0 Å². The van der Waals surface area contributed by atoms with Crippen LogP contribution >= 0.6 is 22.9 Å². The van der Waals surface area contributed by atoms with Gasteiger partial charge in [-0.15, -0.1) is 11.3 Å². The van der Waals surface area contributed by atoms with Crippen molar-refractivity contribution in [2.45, 2.75) is 13.0 Å². The van der Waals surface area contributed by atoms with Crippen LogP contribution in [-0.4, -0.2) is 22.1 Å². The number of nitrogens with one attached hydrogen (secondary N) is 1. The fraction of sp³-hybridized carbons (Fsp3) is 0.158. The Morgan fingerprint density at radius 1 is 1.26 bits per heavy atom. The van der Waals surface area contributed by atoms with Gasteiger partial charge in [0.2, 0.25) is 0 Å². The number of aryl methyl sites for hydroxylation is 1. The number of carbonyl (C=O) groups excluding carboxylic acids is 1. The number of hydrogen-bond donors (Lipinski definition) is 1. The Labute approximate surface area is 161 Å². The number of halogens is 2. The number of para-hydroxylation sites is 2. The summed E-state index contributed by atoms with van der Waals surface area (Å²) in [6, 6.07) is 11.6. The molecule has 0 atom stereocenters. The summed E-state index contributed by atoms with van der Waals surface area (Å²) in [5.41, 5.74) is 1.38. The second-order valence-electron chi connectivity index (χ2n) is 5.97. The van der Waals surface area contributed by atoms with Crippen molar-refractivity contribution < 1.29 is 13.9 Å². The number of aromatic amines is 1. The van der Waals surface area contributed by atoms with Crippen LogP contribution in [0.1, 0.15) is 16.1 Å². The lowest BCUT2D eigenvalue weighted by molar-refractivity contribution is 0.0502. The zero-order chi connectivity index (χ0) is 19.0. The maximum atomic E-state index is 13.3. The van der Waals surface area contributed by atoms with Gasteiger partial charge >= 0.3 is 11.7 Å². The maximum Gasteiger partial charge on any atom is 0.349 e. The van der Waals surface area contributed by atoms with E-state index in [1.54, 1.807) is 10.6 Å². The molecule has 27 heavy (non-hydrogen) atoms. The topological polar surface area (TPSA) is 64.1 Å². The Bertz CT molecular complexity index is 1210. The van der Waals surface area contributed by atoms with Gasteiger partial charge in [-0.1, -0.05) is 23.7 Å². The Hall–Kier alpha value is -2.64. The highest BCUT2D eigenvalue weighted by Crippen LogP contribution is 2.36. The number of imidazole rings is 1. The molecule has 0 amide bonds. The molecule has 0 radical (unpaired) electrons. The van der Waals surface area contributed by atoms with E-state index >= 15 is 0 Å². The van der Waals surface area contributed by atoms with Crippen LogP contribution in [0, 0.1) is 5.82 Å². The minimum absolute atomic E-state index is 0.143. The van der Waals surface area contributed by atoms with Gasteiger partial charge in [0.05, 0.1) is 22.7 Å². The highest BCUT2D eigenvalue weighted by atomic mass is 35.5. The molecule has 1 N–H and O–H groups in total. The van der Waals surface area contributed by atoms with Crippen LogP contribution in [0.4, 0.5) is 4.39 Å². The Morgan fingerprint density at radius 2 is 2.07 bits per heavy atom. The summed E-state index contributed by atoms with van der Waals surface area (Å²) in [6.45, 7) is 0.561. The lowest BCUT2D eigenvalue weighted by Gasteiger charge is -2.05. The van der Waals surface area contributed by atoms with E-state index in [2.05, 4.69) is 4.98 Å². The van der Waals surface area contributed by atoms with Gasteiger partial charge in [-0.3, -0.25) is 4.57 Å². The van der Waals surface area contributed by atoms with Crippen molar-refractivity contribution >= 4 is 50.0 Å². The molecule has 0 aliphatic carbocycles. The molecule has 0 unspecified atom stereocenters. The summed E-state index contributed by atoms with van der Waals surface area (Å²) in [6.07, 6.45) is 0.477. The van der Waals surface area contributed by atoms with Gasteiger partial charge in [0.15, 0.2) is 0 Å². The zero-order valence-corrected chi connectivity index (χ0v) is 15.6. The fourth-order valence-electron chi connectivity index (χ4n) is 2.95. The zero-order valence-electron chi connectivity index (χ0n) is 14.0. The third-order valence-electron chi connectivity index (χ3n) is 4.22. The Kier molecular flexibility index (Phi) is 4.72. The Morgan fingerprint density at radius 3 is 2.93 bits per heavy atom. The molecule has 0 aliphatic heterocycles. The molecular weight excluding hydrogens is 391 g/mol. The smallest absolute Gasteiger partial charge is 0.349 e. The second-order valence-corrected chi connectivity index (χ2v) is 7.40. The number of benzene rings is 2. The first-order valence-electron chi connectivity index (χ1n) is 8.27. The molecule has 0 saturated carbocycles. The van der Waals surface area contributed by atoms with Gasteiger partial charge in [-0.05, 0) is 36.8 Å². The van der Waals surface area contributed by atoms with Gasteiger partial charge in [0.1, 0.15) is 10.7 Å². The summed E-state index contributed by atoms with van der Waals surface area (Å²) in [7, 11) is 0. The highest BCUT2D eigenvalue weighted by molar-refractivity contribution is 7.21. The Balaban J connectivity index is 1.42. The molecule has 4 rings (SSSR count). The molecule has 0 saturated heterocycles. The van der Waals surface area contributed by atoms with E-state index in [0.717, 1.165) is 22.4 Å². The molecule has 2 heterocycles. The molecule has 2 aromatic carbocycles. The summed E-state index contributed by atoms with van der Waals surface area (Å²) in [5.74, 6) is -0.933. The lowest BCUT2D eigenvalue weighted by atomic mass is 10.2. The van der Waals surface area contributed by atoms with Crippen LogP contribution < -0.4 is 5.69 Å². The molecule has 8 heteroatoms. The minimum Gasteiger partial charge on any atom is -0.461 e. The molecule has 0 bridgehead atoms. The number of nitrogens with zero attached hydrogens (tertiary/aromatic N) is 1. The summed E-state index contributed by atoms with van der Waals surface area (Å²) in [4.78, 5) is 27.3. The van der Waals surface area contributed by atoms with Crippen LogP contribution in [0.5, 0.6) is 0 Å². The van der Waals surface area contributed by atoms with Crippen LogP contribution in [-0.2, 0) is 11.3 Å². The van der Waals surface area contributed by atoms with Crippen molar-refractivity contribution in [3.05, 3.63) is 68.7 Å². The van der Waals surface area contributed by atoms with Crippen LogP contribution in [0.15, 0.2) is 47.3 Å². The first kappa shape index (κ1) is 17.8. The third kappa shape index (κ3) is 3.36. The first-order valence-corrected chi connectivity index (χ1v) is 9.46. The van der Waals surface area contributed by atoms with Crippen molar-refractivity contribution in [2.75, 3.05) is 6.61 Å². The molecule has 2 aromatic heterocycles. The van der Waals surface area contributed by atoms with Crippen molar-refractivity contribution in [3.63, 3.8) is 0 Å². The SMILES string of the molecule is O=C(OCCCn1c(=O)[nH]c2ccccc21)c1sc2cc(F)ccc2c1Cl. The number of fused-ring (bicyclic) bond motifs is 2. The number of esters is 1. The van der Waals surface area contributed by atoms with Gasteiger partial charge < -0.3 is 9.72 Å². The van der Waals surface area contributed by atoms with Crippen molar-refractivity contribution in [1.82, 2.24) is 9.55 Å². The van der Waals surface area contributed by atoms with Gasteiger partial charge in [-0.2, -0.15) is 0 Å². The second kappa shape index (κ2) is 7.17. The standard InChI is InChI=1S/C19H14ClFN2O3S/c20-16-12-7-6-11(21)10-15(12)27-17(16)18(24)26-9-3-8-23-14-5-2-1-4-13(14)22-19(23)25/h1-2,4-7,10H,3,8-9H2,(H,22,25). The molecule has 0 aliphatic rings. The third-order valence-corrected chi connectivity index (χ3v) is 5.85. The number of rotatable bonds is 5. The average Bonchev–Trinajstić information content (AvgIpc) is 3.15. The molecule has 0 fully saturated rings. The number of hydrogen-bond acceptors (Lipinski definition) is 4. The van der Waals surface area contributed by atoms with Gasteiger partial charge in [0, 0.05) is 16.6 Å². The van der Waals surface area contributed by atoms with Gasteiger partial charge in [0.25, 0.3) is 0 Å². The highest BCUT2D eigenvalue weighted by Gasteiger charge is 2.18. The summed E-state index contributed by atoms with van der Waals surface area (Å²) in [5, 5.41) is 0.896. The molecule has 0 spiro atoms. The van der Waals surface area contributed by atoms with E-state index in [-0.39, 0.29) is 28.0 Å². The van der Waals surface area contributed by atoms with E-state index in [1.165, 1.54) is 12.1 Å². The van der Waals surface area contributed by atoms with E-state index in [4.69, 9.17) is 16.3 Å². The number of H-pyrrole nitrogens is 1. The van der Waals surface area contributed by atoms with E-state index in [9.17, 15) is 14.0 Å². The number of carbonyl (C=O) groups is 1. The molecule has 5 nitrogen and oxygen atoms in total. The van der Waals surface area contributed by atoms with Crippen molar-refractivity contribution in [3.8, 4) is 0 Å². The number of ether oxygens (including phenoxy) is 1. The molecular formula is C19H14ClFN2O3S. The minimum atomic E-state index is -0.548. The first-order chi connectivity index (χ1) is 13.0. The van der Waals surface area contributed by atoms with E-state index < -0.39 is 5.97 Å². The van der Waals surface area contributed by atoms with E-state index in [1.807, 2.05) is 24.3 Å². The normalized spacial score (nSPS) is 11.3. The predicted molar refractivity (Wildman–Crippen MR) is 104 cm³/mol. The van der Waals surface area contributed by atoms with Gasteiger partial charge in [-0.25, -0.2) is 14.0 Å². The van der Waals surface area contributed by atoms with Crippen molar-refractivity contribution in [1.29, 1.82) is 0 Å². The quantitative estimate of drug-likeness (QED) is 0.391. The van der Waals surface area contributed by atoms with Crippen LogP contribution in [0.2, 0.25) is 5.02 Å². The predicted octanol–water partition coefficient (Wildman–Crippen LogP) is 4.58. The summed E-state index contributed by atoms with van der Waals surface area (Å²) < 4.78 is 20.8. The summed E-state index contributed by atoms with van der Waals surface area (Å²) >= 11 is 7.32. The maximum absolute atomic E-state index is 13.3.